The maximum absolute atomic E-state index is 11.1. The van der Waals surface area contributed by atoms with Crippen LogP contribution in [-0.2, 0) is 4.79 Å². The van der Waals surface area contributed by atoms with Gasteiger partial charge in [-0.2, -0.15) is 5.26 Å². The van der Waals surface area contributed by atoms with Crippen molar-refractivity contribution in [3.05, 3.63) is 40.5 Å². The highest BCUT2D eigenvalue weighted by atomic mass is 35.5. The third kappa shape index (κ3) is 2.65. The van der Waals surface area contributed by atoms with E-state index < -0.39 is 5.97 Å². The predicted octanol–water partition coefficient (Wildman–Crippen LogP) is 4.12. The molecule has 5 heteroatoms. The van der Waals surface area contributed by atoms with Gasteiger partial charge in [-0.05, 0) is 55.4 Å². The molecule has 4 nitrogen and oxygen atoms in total. The highest BCUT2D eigenvalue weighted by Gasteiger charge is 2.29. The Morgan fingerprint density at radius 1 is 1.32 bits per heavy atom. The second-order valence-corrected chi connectivity index (χ2v) is 6.18. The van der Waals surface area contributed by atoms with Crippen LogP contribution >= 0.6 is 11.6 Å². The van der Waals surface area contributed by atoms with Crippen molar-refractivity contribution in [2.24, 2.45) is 5.92 Å². The molecule has 0 radical (unpaired) electrons. The highest BCUT2D eigenvalue weighted by Crippen LogP contribution is 2.40. The van der Waals surface area contributed by atoms with Crippen molar-refractivity contribution < 1.29 is 9.90 Å². The predicted molar refractivity (Wildman–Crippen MR) is 83.8 cm³/mol. The number of hydrogen-bond donors (Lipinski definition) is 1. The van der Waals surface area contributed by atoms with Gasteiger partial charge in [0.05, 0.1) is 17.0 Å². The summed E-state index contributed by atoms with van der Waals surface area (Å²) in [6.07, 6.45) is 4.45. The van der Waals surface area contributed by atoms with E-state index in [9.17, 15) is 10.1 Å². The second kappa shape index (κ2) is 5.94. The third-order valence-corrected chi connectivity index (χ3v) is 4.71. The van der Waals surface area contributed by atoms with Gasteiger partial charge in [0.2, 0.25) is 0 Å². The number of fused-ring (bicyclic) bond motifs is 1. The summed E-state index contributed by atoms with van der Waals surface area (Å²) in [5, 5.41) is 20.0. The van der Waals surface area contributed by atoms with Crippen LogP contribution in [0.2, 0.25) is 5.02 Å². The van der Waals surface area contributed by atoms with Gasteiger partial charge in [-0.3, -0.25) is 9.78 Å². The van der Waals surface area contributed by atoms with Crippen molar-refractivity contribution in [1.82, 2.24) is 4.98 Å². The number of pyridine rings is 1. The summed E-state index contributed by atoms with van der Waals surface area (Å²) in [5.74, 6) is -0.797. The van der Waals surface area contributed by atoms with Crippen molar-refractivity contribution in [1.29, 1.82) is 5.26 Å². The number of rotatable bonds is 2. The lowest BCUT2D eigenvalue weighted by Gasteiger charge is -2.27. The van der Waals surface area contributed by atoms with Gasteiger partial charge in [0.15, 0.2) is 0 Å². The summed E-state index contributed by atoms with van der Waals surface area (Å²) in [5.41, 5.74) is 2.35. The van der Waals surface area contributed by atoms with Crippen LogP contribution in [0.5, 0.6) is 0 Å². The van der Waals surface area contributed by atoms with Crippen LogP contribution in [0.3, 0.4) is 0 Å². The number of hydrogen-bond acceptors (Lipinski definition) is 3. The van der Waals surface area contributed by atoms with Crippen molar-refractivity contribution in [3.63, 3.8) is 0 Å². The molecule has 1 aliphatic carbocycles. The van der Waals surface area contributed by atoms with Crippen molar-refractivity contribution in [3.8, 4) is 6.07 Å². The lowest BCUT2D eigenvalue weighted by atomic mass is 9.77. The van der Waals surface area contributed by atoms with Crippen LogP contribution in [0.25, 0.3) is 10.9 Å². The molecule has 0 bridgehead atoms. The van der Waals surface area contributed by atoms with E-state index >= 15 is 0 Å². The zero-order valence-corrected chi connectivity index (χ0v) is 12.7. The van der Waals surface area contributed by atoms with Crippen LogP contribution in [0.1, 0.15) is 42.7 Å². The molecule has 0 spiro atoms. The summed E-state index contributed by atoms with van der Waals surface area (Å²) in [7, 11) is 0. The number of carbonyl (C=O) groups is 1. The molecular formula is C17H15ClN2O2. The van der Waals surface area contributed by atoms with Gasteiger partial charge in [-0.15, -0.1) is 0 Å². The van der Waals surface area contributed by atoms with Crippen LogP contribution < -0.4 is 0 Å². The van der Waals surface area contributed by atoms with Crippen LogP contribution in [0, 0.1) is 17.2 Å². The molecule has 1 aliphatic rings. The highest BCUT2D eigenvalue weighted by molar-refractivity contribution is 6.31. The lowest BCUT2D eigenvalue weighted by molar-refractivity contribution is -0.142. The van der Waals surface area contributed by atoms with E-state index in [0.29, 0.717) is 23.4 Å². The number of carboxylic acid groups (broad SMARTS) is 1. The van der Waals surface area contributed by atoms with Crippen molar-refractivity contribution in [2.75, 3.05) is 0 Å². The Kier molecular flexibility index (Phi) is 4.00. The monoisotopic (exact) mass is 314 g/mol. The number of nitrogens with zero attached hydrogens (tertiary/aromatic N) is 2. The van der Waals surface area contributed by atoms with E-state index in [-0.39, 0.29) is 11.8 Å². The van der Waals surface area contributed by atoms with Crippen LogP contribution in [-0.4, -0.2) is 16.1 Å². The standard InChI is InChI=1S/C17H15ClN2O2/c18-13-5-6-15-14(7-13)16(12(8-19)9-20-15)10-1-3-11(4-2-10)17(21)22/h5-7,9-11H,1-4H2,(H,21,22). The van der Waals surface area contributed by atoms with E-state index in [0.717, 1.165) is 29.3 Å². The normalized spacial score (nSPS) is 21.5. The molecule has 2 aromatic rings. The van der Waals surface area contributed by atoms with Crippen molar-refractivity contribution >= 4 is 28.5 Å². The summed E-state index contributed by atoms with van der Waals surface area (Å²) in [6.45, 7) is 0. The zero-order chi connectivity index (χ0) is 15.7. The maximum Gasteiger partial charge on any atom is 0.306 e. The van der Waals surface area contributed by atoms with E-state index in [2.05, 4.69) is 11.1 Å². The van der Waals surface area contributed by atoms with Gasteiger partial charge >= 0.3 is 5.97 Å². The first-order valence-electron chi connectivity index (χ1n) is 7.31. The maximum atomic E-state index is 11.1. The second-order valence-electron chi connectivity index (χ2n) is 5.75. The summed E-state index contributed by atoms with van der Waals surface area (Å²) in [6, 6.07) is 7.71. The Hall–Kier alpha value is -2.12. The lowest BCUT2D eigenvalue weighted by Crippen LogP contribution is -2.21. The van der Waals surface area contributed by atoms with Crippen LogP contribution in [0.15, 0.2) is 24.4 Å². The molecule has 0 saturated heterocycles. The molecule has 0 unspecified atom stereocenters. The Bertz CT molecular complexity index is 774. The van der Waals surface area contributed by atoms with Gasteiger partial charge in [-0.1, -0.05) is 11.6 Å². The van der Waals surface area contributed by atoms with E-state index in [1.165, 1.54) is 0 Å². The number of benzene rings is 1. The molecule has 1 fully saturated rings. The molecule has 0 aliphatic heterocycles. The molecule has 0 amide bonds. The molecule has 112 valence electrons. The number of carboxylic acids is 1. The van der Waals surface area contributed by atoms with E-state index in [1.54, 1.807) is 12.3 Å². The van der Waals surface area contributed by atoms with Gasteiger partial charge in [0.1, 0.15) is 6.07 Å². The minimum Gasteiger partial charge on any atom is -0.481 e. The van der Waals surface area contributed by atoms with E-state index in [1.807, 2.05) is 12.1 Å². The quantitative estimate of drug-likeness (QED) is 0.904. The number of aliphatic carboxylic acids is 1. The zero-order valence-electron chi connectivity index (χ0n) is 11.9. The third-order valence-electron chi connectivity index (χ3n) is 4.48. The van der Waals surface area contributed by atoms with Crippen LogP contribution in [0.4, 0.5) is 0 Å². The fourth-order valence-corrected chi connectivity index (χ4v) is 3.52. The average molecular weight is 315 g/mol. The Morgan fingerprint density at radius 3 is 2.68 bits per heavy atom. The first-order valence-corrected chi connectivity index (χ1v) is 7.69. The van der Waals surface area contributed by atoms with Gasteiger partial charge in [-0.25, -0.2) is 0 Å². The minimum absolute atomic E-state index is 0.189. The summed E-state index contributed by atoms with van der Waals surface area (Å²) in [4.78, 5) is 15.4. The molecule has 0 atom stereocenters. The molecular weight excluding hydrogens is 300 g/mol. The summed E-state index contributed by atoms with van der Waals surface area (Å²) < 4.78 is 0. The number of halogens is 1. The first-order chi connectivity index (χ1) is 10.6. The smallest absolute Gasteiger partial charge is 0.306 e. The Morgan fingerprint density at radius 2 is 2.05 bits per heavy atom. The van der Waals surface area contributed by atoms with Gasteiger partial charge < -0.3 is 5.11 Å². The number of nitriles is 1. The average Bonchev–Trinajstić information content (AvgIpc) is 2.53. The van der Waals surface area contributed by atoms with Gasteiger partial charge in [0, 0.05) is 16.6 Å². The van der Waals surface area contributed by atoms with E-state index in [4.69, 9.17) is 16.7 Å². The fraction of sp³-hybridized carbons (Fsp3) is 0.353. The Balaban J connectivity index is 2.04. The summed E-state index contributed by atoms with van der Waals surface area (Å²) >= 11 is 6.10. The first kappa shape index (κ1) is 14.8. The largest absolute Gasteiger partial charge is 0.481 e. The topological polar surface area (TPSA) is 74.0 Å². The molecule has 3 rings (SSSR count). The molecule has 22 heavy (non-hydrogen) atoms. The molecule has 1 heterocycles. The number of aromatic nitrogens is 1. The SMILES string of the molecule is N#Cc1cnc2ccc(Cl)cc2c1C1CCC(C(=O)O)CC1. The molecule has 1 aromatic carbocycles. The van der Waals surface area contributed by atoms with Gasteiger partial charge in [0.25, 0.3) is 0 Å². The minimum atomic E-state index is -0.721. The molecule has 1 N–H and O–H groups in total. The Labute approximate surface area is 133 Å². The fourth-order valence-electron chi connectivity index (χ4n) is 3.34. The molecule has 1 saturated carbocycles. The van der Waals surface area contributed by atoms with Crippen molar-refractivity contribution in [2.45, 2.75) is 31.6 Å². The molecule has 1 aromatic heterocycles.